The average molecular weight is 393 g/mol. The molecule has 3 amide bonds. The lowest BCUT2D eigenvalue weighted by atomic mass is 10.1. The van der Waals surface area contributed by atoms with Crippen LogP contribution in [0.5, 0.6) is 0 Å². The molecule has 0 saturated carbocycles. The molecule has 29 heavy (non-hydrogen) atoms. The summed E-state index contributed by atoms with van der Waals surface area (Å²) in [6.45, 7) is 9.10. The molecule has 5 N–H and O–H groups in total. The number of anilines is 1. The quantitative estimate of drug-likeness (QED) is 0.372. The fourth-order valence-corrected chi connectivity index (χ4v) is 2.14. The van der Waals surface area contributed by atoms with Crippen LogP contribution >= 0.6 is 0 Å². The molecule has 0 aliphatic carbocycles. The normalized spacial score (nSPS) is 13.2. The van der Waals surface area contributed by atoms with Crippen molar-refractivity contribution in [3.05, 3.63) is 95.5 Å². The molecule has 1 aromatic rings. The molecule has 1 aromatic carbocycles. The highest BCUT2D eigenvalue weighted by molar-refractivity contribution is 5.90. The second-order valence-corrected chi connectivity index (χ2v) is 6.15. The van der Waals surface area contributed by atoms with Gasteiger partial charge in [-0.3, -0.25) is 4.79 Å². The SMILES string of the molecule is C=C\C(N)=C/C=C(C)/C=C/c1ccc(NC(=O)N/C(C)=C/C(=C\C)NC=O)cc1. The fraction of sp³-hybridized carbons (Fsp3) is 0.130. The highest BCUT2D eigenvalue weighted by Crippen LogP contribution is 2.12. The van der Waals surface area contributed by atoms with E-state index in [1.807, 2.05) is 49.4 Å². The lowest BCUT2D eigenvalue weighted by Gasteiger charge is -2.09. The van der Waals surface area contributed by atoms with Gasteiger partial charge in [0, 0.05) is 22.8 Å². The Kier molecular flexibility index (Phi) is 10.1. The molecule has 0 heterocycles. The van der Waals surface area contributed by atoms with E-state index in [9.17, 15) is 9.59 Å². The van der Waals surface area contributed by atoms with Crippen LogP contribution in [0, 0.1) is 0 Å². The fourth-order valence-electron chi connectivity index (χ4n) is 2.14. The minimum absolute atomic E-state index is 0.367. The Balaban J connectivity index is 2.67. The Morgan fingerprint density at radius 2 is 1.83 bits per heavy atom. The maximum atomic E-state index is 12.1. The van der Waals surface area contributed by atoms with E-state index in [0.29, 0.717) is 29.2 Å². The molecule has 1 rings (SSSR count). The van der Waals surface area contributed by atoms with Crippen LogP contribution in [-0.4, -0.2) is 12.4 Å². The molecule has 0 fully saturated rings. The standard InChI is InChI=1S/C23H28N4O2/c1-5-20(24)12-8-17(3)7-9-19-10-13-22(14-11-19)27-23(29)26-18(4)15-21(6-2)25-16-28/h5-16H,1,24H2,2-4H3,(H,25,28)(H2,26,27,29)/b9-7+,17-8+,18-15+,20-12+,21-6+. The van der Waals surface area contributed by atoms with Crippen molar-refractivity contribution in [2.45, 2.75) is 20.8 Å². The van der Waals surface area contributed by atoms with Crippen molar-refractivity contribution in [3.8, 4) is 0 Å². The van der Waals surface area contributed by atoms with Crippen LogP contribution in [0.2, 0.25) is 0 Å². The van der Waals surface area contributed by atoms with Gasteiger partial charge in [0.05, 0.1) is 0 Å². The molecular weight excluding hydrogens is 364 g/mol. The summed E-state index contributed by atoms with van der Waals surface area (Å²) in [7, 11) is 0. The summed E-state index contributed by atoms with van der Waals surface area (Å²) in [5.74, 6) is 0. The van der Waals surface area contributed by atoms with Gasteiger partial charge in [-0.15, -0.1) is 0 Å². The van der Waals surface area contributed by atoms with Gasteiger partial charge in [0.25, 0.3) is 0 Å². The summed E-state index contributed by atoms with van der Waals surface area (Å²) in [6, 6.07) is 7.08. The van der Waals surface area contributed by atoms with Crippen molar-refractivity contribution < 1.29 is 9.59 Å². The zero-order valence-corrected chi connectivity index (χ0v) is 17.0. The molecule has 152 valence electrons. The smallest absolute Gasteiger partial charge is 0.323 e. The van der Waals surface area contributed by atoms with Crippen LogP contribution in [0.25, 0.3) is 6.08 Å². The van der Waals surface area contributed by atoms with Crippen LogP contribution in [0.15, 0.2) is 90.0 Å². The van der Waals surface area contributed by atoms with E-state index in [1.54, 1.807) is 38.2 Å². The Labute approximate surface area is 172 Å². The summed E-state index contributed by atoms with van der Waals surface area (Å²) < 4.78 is 0. The van der Waals surface area contributed by atoms with E-state index in [2.05, 4.69) is 22.5 Å². The van der Waals surface area contributed by atoms with Crippen molar-refractivity contribution in [1.82, 2.24) is 10.6 Å². The summed E-state index contributed by atoms with van der Waals surface area (Å²) in [6.07, 6.45) is 13.2. The second kappa shape index (κ2) is 12.6. The van der Waals surface area contributed by atoms with Crippen molar-refractivity contribution in [3.63, 3.8) is 0 Å². The molecule has 0 saturated heterocycles. The number of rotatable bonds is 9. The highest BCUT2D eigenvalue weighted by Gasteiger charge is 2.02. The molecule has 0 unspecified atom stereocenters. The van der Waals surface area contributed by atoms with Crippen molar-refractivity contribution in [2.75, 3.05) is 5.32 Å². The molecule has 6 nitrogen and oxygen atoms in total. The number of carbonyl (C=O) groups excluding carboxylic acids is 2. The Morgan fingerprint density at radius 3 is 2.41 bits per heavy atom. The second-order valence-electron chi connectivity index (χ2n) is 6.15. The minimum atomic E-state index is -0.367. The molecule has 0 atom stereocenters. The lowest BCUT2D eigenvalue weighted by Crippen LogP contribution is -2.27. The Hall–Kier alpha value is -3.80. The van der Waals surface area contributed by atoms with Gasteiger partial charge in [0.1, 0.15) is 0 Å². The first-order valence-electron chi connectivity index (χ1n) is 9.05. The maximum Gasteiger partial charge on any atom is 0.323 e. The van der Waals surface area contributed by atoms with Gasteiger partial charge in [0.15, 0.2) is 0 Å². The van der Waals surface area contributed by atoms with Crippen LogP contribution in [0.1, 0.15) is 26.3 Å². The summed E-state index contributed by atoms with van der Waals surface area (Å²) >= 11 is 0. The van der Waals surface area contributed by atoms with E-state index in [-0.39, 0.29) is 6.03 Å². The number of hydrogen-bond donors (Lipinski definition) is 4. The Bertz CT molecular complexity index is 873. The average Bonchev–Trinajstić information content (AvgIpc) is 2.70. The maximum absolute atomic E-state index is 12.1. The molecule has 0 aliphatic rings. The number of benzene rings is 1. The summed E-state index contributed by atoms with van der Waals surface area (Å²) in [4.78, 5) is 22.6. The largest absolute Gasteiger partial charge is 0.399 e. The van der Waals surface area contributed by atoms with Crippen LogP contribution < -0.4 is 21.7 Å². The van der Waals surface area contributed by atoms with E-state index < -0.39 is 0 Å². The van der Waals surface area contributed by atoms with Crippen LogP contribution in [0.4, 0.5) is 10.5 Å². The van der Waals surface area contributed by atoms with E-state index in [1.165, 1.54) is 0 Å². The number of urea groups is 1. The number of nitrogens with one attached hydrogen (secondary N) is 3. The lowest BCUT2D eigenvalue weighted by molar-refractivity contribution is -0.108. The zero-order chi connectivity index (χ0) is 21.6. The number of carbonyl (C=O) groups is 2. The highest BCUT2D eigenvalue weighted by atomic mass is 16.2. The van der Waals surface area contributed by atoms with Gasteiger partial charge in [-0.05, 0) is 56.7 Å². The number of nitrogens with two attached hydrogens (primary N) is 1. The topological polar surface area (TPSA) is 96.2 Å². The molecule has 6 heteroatoms. The van der Waals surface area contributed by atoms with Gasteiger partial charge in [-0.25, -0.2) is 4.79 Å². The first kappa shape index (κ1) is 23.2. The van der Waals surface area contributed by atoms with Crippen molar-refractivity contribution in [1.29, 1.82) is 0 Å². The van der Waals surface area contributed by atoms with Gasteiger partial charge < -0.3 is 21.7 Å². The molecule has 0 spiro atoms. The predicted octanol–water partition coefficient (Wildman–Crippen LogP) is 4.35. The van der Waals surface area contributed by atoms with E-state index in [4.69, 9.17) is 5.73 Å². The molecular formula is C23H28N4O2. The van der Waals surface area contributed by atoms with Crippen LogP contribution in [-0.2, 0) is 4.79 Å². The van der Waals surface area contributed by atoms with Gasteiger partial charge in [0.2, 0.25) is 6.41 Å². The Morgan fingerprint density at radius 1 is 1.14 bits per heavy atom. The predicted molar refractivity (Wildman–Crippen MR) is 121 cm³/mol. The first-order valence-corrected chi connectivity index (χ1v) is 9.05. The van der Waals surface area contributed by atoms with Crippen molar-refractivity contribution >= 4 is 24.2 Å². The van der Waals surface area contributed by atoms with Gasteiger partial charge in [-0.1, -0.05) is 48.6 Å². The van der Waals surface area contributed by atoms with Gasteiger partial charge in [-0.2, -0.15) is 0 Å². The number of amides is 3. The number of hydrogen-bond acceptors (Lipinski definition) is 3. The van der Waals surface area contributed by atoms with Crippen LogP contribution in [0.3, 0.4) is 0 Å². The molecule has 0 aromatic heterocycles. The van der Waals surface area contributed by atoms with Gasteiger partial charge >= 0.3 is 6.03 Å². The summed E-state index contributed by atoms with van der Waals surface area (Å²) in [5.41, 5.74) is 10.2. The van der Waals surface area contributed by atoms with E-state index in [0.717, 1.165) is 11.1 Å². The third-order valence-electron chi connectivity index (χ3n) is 3.70. The molecule has 0 radical (unpaired) electrons. The molecule has 0 bridgehead atoms. The zero-order valence-electron chi connectivity index (χ0n) is 17.0. The third-order valence-corrected chi connectivity index (χ3v) is 3.70. The van der Waals surface area contributed by atoms with E-state index >= 15 is 0 Å². The molecule has 0 aliphatic heterocycles. The van der Waals surface area contributed by atoms with Crippen molar-refractivity contribution in [2.24, 2.45) is 5.73 Å². The number of allylic oxidation sites excluding steroid dienone is 8. The first-order chi connectivity index (χ1) is 13.9. The third kappa shape index (κ3) is 9.63. The monoisotopic (exact) mass is 392 g/mol. The minimum Gasteiger partial charge on any atom is -0.399 e. The summed E-state index contributed by atoms with van der Waals surface area (Å²) in [5, 5.41) is 8.00.